The molecule has 0 radical (unpaired) electrons. The number of benzene rings is 1. The van der Waals surface area contributed by atoms with Crippen molar-refractivity contribution in [2.24, 2.45) is 5.41 Å². The van der Waals surface area contributed by atoms with Crippen LogP contribution in [0.5, 0.6) is 5.75 Å². The molecule has 1 amide bonds. The summed E-state index contributed by atoms with van der Waals surface area (Å²) in [5.74, 6) is 0.284. The smallest absolute Gasteiger partial charge is 0.410 e. The van der Waals surface area contributed by atoms with Gasteiger partial charge < -0.3 is 14.7 Å². The molecule has 23 heavy (non-hydrogen) atoms. The van der Waals surface area contributed by atoms with Gasteiger partial charge in [0.25, 0.3) is 5.69 Å². The zero-order valence-electron chi connectivity index (χ0n) is 12.8. The average Bonchev–Trinajstić information content (AvgIpc) is 3.00. The molecule has 1 spiro atoms. The molecule has 1 unspecified atom stereocenters. The monoisotopic (exact) mass is 320 g/mol. The molecule has 124 valence electrons. The molecule has 1 N–H and O–H groups in total. The second-order valence-electron chi connectivity index (χ2n) is 6.41. The number of nitrogens with zero attached hydrogens (tertiary/aromatic N) is 2. The van der Waals surface area contributed by atoms with Crippen LogP contribution >= 0.6 is 0 Å². The molecule has 1 saturated heterocycles. The zero-order chi connectivity index (χ0) is 16.4. The highest BCUT2D eigenvalue weighted by Gasteiger charge is 2.45. The third-order valence-corrected chi connectivity index (χ3v) is 5.00. The largest absolute Gasteiger partial charge is 0.415 e. The van der Waals surface area contributed by atoms with Gasteiger partial charge in [-0.15, -0.1) is 0 Å². The van der Waals surface area contributed by atoms with E-state index in [2.05, 4.69) is 0 Å². The normalized spacial score (nSPS) is 23.0. The lowest BCUT2D eigenvalue weighted by Gasteiger charge is -2.43. The molecule has 1 aromatic carbocycles. The van der Waals surface area contributed by atoms with Crippen LogP contribution in [0.2, 0.25) is 0 Å². The molecule has 7 heteroatoms. The highest BCUT2D eigenvalue weighted by molar-refractivity contribution is 5.71. The Kier molecular flexibility index (Phi) is 4.21. The van der Waals surface area contributed by atoms with E-state index in [1.54, 1.807) is 4.90 Å². The summed E-state index contributed by atoms with van der Waals surface area (Å²) in [5, 5.41) is 20.9. The Balaban J connectivity index is 1.65. The number of carbonyl (C=O) groups is 1. The van der Waals surface area contributed by atoms with Crippen LogP contribution in [0.25, 0.3) is 0 Å². The van der Waals surface area contributed by atoms with Gasteiger partial charge >= 0.3 is 6.09 Å². The molecule has 2 aliphatic rings. The van der Waals surface area contributed by atoms with Gasteiger partial charge in [-0.05, 0) is 31.4 Å². The van der Waals surface area contributed by atoms with Crippen molar-refractivity contribution >= 4 is 11.8 Å². The summed E-state index contributed by atoms with van der Waals surface area (Å²) in [7, 11) is 0. The number of nitro benzene ring substituents is 1. The number of piperidine rings is 1. The number of likely N-dealkylation sites (tertiary alicyclic amines) is 1. The van der Waals surface area contributed by atoms with E-state index >= 15 is 0 Å². The molecule has 0 aromatic heterocycles. The standard InChI is InChI=1S/C16H20N2O5/c19-14-7-10-17(11-16(14)8-1-2-9-16)15(20)23-13-5-3-12(4-6-13)18(21)22/h3-6,14,19H,1-2,7-11H2. The van der Waals surface area contributed by atoms with E-state index in [4.69, 9.17) is 4.74 Å². The Bertz CT molecular complexity index is 595. The van der Waals surface area contributed by atoms with Crippen LogP contribution in [0.15, 0.2) is 24.3 Å². The summed E-state index contributed by atoms with van der Waals surface area (Å²) in [6.45, 7) is 0.981. The van der Waals surface area contributed by atoms with Crippen molar-refractivity contribution < 1.29 is 19.6 Å². The van der Waals surface area contributed by atoms with E-state index < -0.39 is 11.0 Å². The summed E-state index contributed by atoms with van der Waals surface area (Å²) in [6, 6.07) is 5.45. The highest BCUT2D eigenvalue weighted by atomic mass is 16.6. The lowest BCUT2D eigenvalue weighted by atomic mass is 9.76. The third kappa shape index (κ3) is 3.14. The molecule has 7 nitrogen and oxygen atoms in total. The summed E-state index contributed by atoms with van der Waals surface area (Å²) >= 11 is 0. The van der Waals surface area contributed by atoms with Crippen LogP contribution in [-0.4, -0.2) is 40.2 Å². The fourth-order valence-electron chi connectivity index (χ4n) is 3.68. The van der Waals surface area contributed by atoms with E-state index in [0.29, 0.717) is 19.5 Å². The maximum Gasteiger partial charge on any atom is 0.415 e. The van der Waals surface area contributed by atoms with Crippen LogP contribution in [-0.2, 0) is 0 Å². The molecule has 2 fully saturated rings. The topological polar surface area (TPSA) is 92.9 Å². The van der Waals surface area contributed by atoms with Crippen molar-refractivity contribution in [3.63, 3.8) is 0 Å². The molecule has 1 aliphatic carbocycles. The van der Waals surface area contributed by atoms with Crippen LogP contribution in [0.3, 0.4) is 0 Å². The first kappa shape index (κ1) is 15.7. The number of non-ortho nitro benzene ring substituents is 1. The molecule has 1 atom stereocenters. The lowest BCUT2D eigenvalue weighted by Crippen LogP contribution is -2.52. The fourth-order valence-corrected chi connectivity index (χ4v) is 3.68. The first-order valence-electron chi connectivity index (χ1n) is 7.89. The Morgan fingerprint density at radius 3 is 2.57 bits per heavy atom. The minimum Gasteiger partial charge on any atom is -0.410 e. The molecule has 1 aliphatic heterocycles. The quantitative estimate of drug-likeness (QED) is 0.668. The number of nitro groups is 1. The van der Waals surface area contributed by atoms with Crippen LogP contribution in [0.4, 0.5) is 10.5 Å². The van der Waals surface area contributed by atoms with Crippen LogP contribution in [0.1, 0.15) is 32.1 Å². The van der Waals surface area contributed by atoms with Crippen molar-refractivity contribution in [2.75, 3.05) is 13.1 Å². The van der Waals surface area contributed by atoms with Gasteiger partial charge in [-0.3, -0.25) is 10.1 Å². The number of hydrogen-bond donors (Lipinski definition) is 1. The van der Waals surface area contributed by atoms with E-state index in [1.165, 1.54) is 24.3 Å². The van der Waals surface area contributed by atoms with Gasteiger partial charge in [0, 0.05) is 30.6 Å². The number of ether oxygens (including phenoxy) is 1. The number of hydrogen-bond acceptors (Lipinski definition) is 5. The SMILES string of the molecule is O=C(Oc1ccc([N+](=O)[O-])cc1)N1CCC(O)C2(CCCC2)C1. The van der Waals surface area contributed by atoms with Crippen molar-refractivity contribution in [3.8, 4) is 5.75 Å². The minimum absolute atomic E-state index is 0.0456. The summed E-state index contributed by atoms with van der Waals surface area (Å²) in [4.78, 5) is 24.1. The van der Waals surface area contributed by atoms with E-state index in [1.807, 2.05) is 0 Å². The van der Waals surface area contributed by atoms with Crippen molar-refractivity contribution in [2.45, 2.75) is 38.2 Å². The molecule has 0 bridgehead atoms. The molecule has 3 rings (SSSR count). The predicted molar refractivity (Wildman–Crippen MR) is 82.2 cm³/mol. The summed E-state index contributed by atoms with van der Waals surface area (Å²) < 4.78 is 5.31. The van der Waals surface area contributed by atoms with Gasteiger partial charge in [0.15, 0.2) is 0 Å². The molecule has 1 heterocycles. The van der Waals surface area contributed by atoms with Crippen LogP contribution < -0.4 is 4.74 Å². The van der Waals surface area contributed by atoms with Gasteiger partial charge in [-0.1, -0.05) is 12.8 Å². The summed E-state index contributed by atoms with van der Waals surface area (Å²) in [5.41, 5.74) is -0.233. The lowest BCUT2D eigenvalue weighted by molar-refractivity contribution is -0.384. The number of aliphatic hydroxyl groups excluding tert-OH is 1. The zero-order valence-corrected chi connectivity index (χ0v) is 12.8. The number of amides is 1. The van der Waals surface area contributed by atoms with Crippen LogP contribution in [0, 0.1) is 15.5 Å². The van der Waals surface area contributed by atoms with Gasteiger partial charge in [-0.25, -0.2) is 4.79 Å². The van der Waals surface area contributed by atoms with Crippen molar-refractivity contribution in [3.05, 3.63) is 34.4 Å². The highest BCUT2D eigenvalue weighted by Crippen LogP contribution is 2.45. The van der Waals surface area contributed by atoms with E-state index in [0.717, 1.165) is 25.7 Å². The van der Waals surface area contributed by atoms with Gasteiger partial charge in [0.2, 0.25) is 0 Å². The number of rotatable bonds is 2. The van der Waals surface area contributed by atoms with E-state index in [-0.39, 0.29) is 23.0 Å². The summed E-state index contributed by atoms with van der Waals surface area (Å²) in [6.07, 6.45) is 3.80. The average molecular weight is 320 g/mol. The number of aliphatic hydroxyl groups is 1. The molecule has 1 aromatic rings. The Morgan fingerprint density at radius 2 is 1.96 bits per heavy atom. The third-order valence-electron chi connectivity index (χ3n) is 5.00. The van der Waals surface area contributed by atoms with Gasteiger partial charge in [0.05, 0.1) is 11.0 Å². The fraction of sp³-hybridized carbons (Fsp3) is 0.562. The Morgan fingerprint density at radius 1 is 1.30 bits per heavy atom. The Hall–Kier alpha value is -2.15. The molecular formula is C16H20N2O5. The van der Waals surface area contributed by atoms with E-state index in [9.17, 15) is 20.0 Å². The van der Waals surface area contributed by atoms with Gasteiger partial charge in [-0.2, -0.15) is 0 Å². The second-order valence-corrected chi connectivity index (χ2v) is 6.41. The molecular weight excluding hydrogens is 300 g/mol. The van der Waals surface area contributed by atoms with Crippen molar-refractivity contribution in [1.29, 1.82) is 0 Å². The number of carbonyl (C=O) groups excluding carboxylic acids is 1. The molecule has 1 saturated carbocycles. The first-order chi connectivity index (χ1) is 11.0. The maximum atomic E-state index is 12.3. The van der Waals surface area contributed by atoms with Gasteiger partial charge in [0.1, 0.15) is 5.75 Å². The second kappa shape index (κ2) is 6.16. The predicted octanol–water partition coefficient (Wildman–Crippen LogP) is 2.72. The Labute approximate surface area is 134 Å². The minimum atomic E-state index is -0.499. The maximum absolute atomic E-state index is 12.3. The first-order valence-corrected chi connectivity index (χ1v) is 7.89. The van der Waals surface area contributed by atoms with Crippen molar-refractivity contribution in [1.82, 2.24) is 4.90 Å².